The molecule has 0 fully saturated rings. The Labute approximate surface area is 144 Å². The first-order chi connectivity index (χ1) is 11.4. The summed E-state index contributed by atoms with van der Waals surface area (Å²) in [5.74, 6) is -0.163. The summed E-state index contributed by atoms with van der Waals surface area (Å²) in [6.45, 7) is 6.76. The van der Waals surface area contributed by atoms with Crippen LogP contribution < -0.4 is 16.4 Å². The highest BCUT2D eigenvalue weighted by molar-refractivity contribution is 5.82. The van der Waals surface area contributed by atoms with E-state index in [0.717, 1.165) is 5.56 Å². The highest BCUT2D eigenvalue weighted by Crippen LogP contribution is 2.16. The zero-order chi connectivity index (χ0) is 17.6. The quantitative estimate of drug-likeness (QED) is 0.733. The normalized spacial score (nSPS) is 14.0. The van der Waals surface area contributed by atoms with E-state index in [1.165, 1.54) is 5.56 Å². The van der Waals surface area contributed by atoms with Crippen LogP contribution in [-0.4, -0.2) is 18.0 Å². The van der Waals surface area contributed by atoms with Gasteiger partial charge in [-0.1, -0.05) is 60.7 Å². The first kappa shape index (κ1) is 18.2. The second kappa shape index (κ2) is 8.08. The lowest BCUT2D eigenvalue weighted by molar-refractivity contribution is -0.122. The van der Waals surface area contributed by atoms with Crippen LogP contribution in [0.15, 0.2) is 60.7 Å². The van der Waals surface area contributed by atoms with E-state index >= 15 is 0 Å². The van der Waals surface area contributed by atoms with E-state index < -0.39 is 6.04 Å². The zero-order valence-electron chi connectivity index (χ0n) is 14.6. The molecule has 2 unspecified atom stereocenters. The second-order valence-electron chi connectivity index (χ2n) is 6.77. The SMILES string of the molecule is CC(NC(C)(C)CNC(=O)C(N)c1ccccc1)c1ccccc1. The monoisotopic (exact) mass is 325 g/mol. The number of amides is 1. The van der Waals surface area contributed by atoms with Crippen molar-refractivity contribution in [2.45, 2.75) is 38.4 Å². The number of carbonyl (C=O) groups excluding carboxylic acids is 1. The van der Waals surface area contributed by atoms with Crippen LogP contribution >= 0.6 is 0 Å². The maximum absolute atomic E-state index is 12.3. The van der Waals surface area contributed by atoms with Gasteiger partial charge in [0.2, 0.25) is 5.91 Å². The number of nitrogens with one attached hydrogen (secondary N) is 2. The van der Waals surface area contributed by atoms with Crippen molar-refractivity contribution in [2.75, 3.05) is 6.54 Å². The van der Waals surface area contributed by atoms with E-state index in [4.69, 9.17) is 5.73 Å². The number of benzene rings is 2. The number of hydrogen-bond donors (Lipinski definition) is 3. The molecule has 0 bridgehead atoms. The van der Waals surface area contributed by atoms with Gasteiger partial charge in [0.25, 0.3) is 0 Å². The van der Waals surface area contributed by atoms with Gasteiger partial charge in [-0.15, -0.1) is 0 Å². The fraction of sp³-hybridized carbons (Fsp3) is 0.350. The molecule has 2 aromatic rings. The summed E-state index contributed by atoms with van der Waals surface area (Å²) in [4.78, 5) is 12.3. The Balaban J connectivity index is 1.89. The zero-order valence-corrected chi connectivity index (χ0v) is 14.6. The van der Waals surface area contributed by atoms with Crippen molar-refractivity contribution >= 4 is 5.91 Å². The van der Waals surface area contributed by atoms with Crippen LogP contribution in [-0.2, 0) is 4.79 Å². The van der Waals surface area contributed by atoms with Crippen molar-refractivity contribution in [2.24, 2.45) is 5.73 Å². The van der Waals surface area contributed by atoms with Gasteiger partial charge < -0.3 is 16.4 Å². The number of hydrogen-bond acceptors (Lipinski definition) is 3. The molecule has 0 aliphatic carbocycles. The molecule has 0 radical (unpaired) electrons. The summed E-state index contributed by atoms with van der Waals surface area (Å²) in [5.41, 5.74) is 7.82. The molecule has 0 aromatic heterocycles. The molecule has 0 aliphatic heterocycles. The van der Waals surface area contributed by atoms with Crippen LogP contribution in [0.25, 0.3) is 0 Å². The van der Waals surface area contributed by atoms with Crippen molar-refractivity contribution in [3.8, 4) is 0 Å². The topological polar surface area (TPSA) is 67.1 Å². The van der Waals surface area contributed by atoms with Crippen LogP contribution in [0.2, 0.25) is 0 Å². The summed E-state index contributed by atoms with van der Waals surface area (Å²) in [6, 6.07) is 19.2. The second-order valence-corrected chi connectivity index (χ2v) is 6.77. The molecule has 2 aromatic carbocycles. The molecular weight excluding hydrogens is 298 g/mol. The fourth-order valence-corrected chi connectivity index (χ4v) is 2.69. The lowest BCUT2D eigenvalue weighted by atomic mass is 10.0. The first-order valence-corrected chi connectivity index (χ1v) is 8.30. The third kappa shape index (κ3) is 5.18. The summed E-state index contributed by atoms with van der Waals surface area (Å²) >= 11 is 0. The highest BCUT2D eigenvalue weighted by Gasteiger charge is 2.23. The van der Waals surface area contributed by atoms with E-state index in [0.29, 0.717) is 6.54 Å². The van der Waals surface area contributed by atoms with Gasteiger partial charge in [0, 0.05) is 18.1 Å². The Hall–Kier alpha value is -2.17. The van der Waals surface area contributed by atoms with Crippen molar-refractivity contribution < 1.29 is 4.79 Å². The van der Waals surface area contributed by atoms with Crippen molar-refractivity contribution in [1.82, 2.24) is 10.6 Å². The molecule has 0 saturated heterocycles. The largest absolute Gasteiger partial charge is 0.353 e. The predicted octanol–water partition coefficient (Wildman–Crippen LogP) is 2.93. The Kier molecular flexibility index (Phi) is 6.12. The predicted molar refractivity (Wildman–Crippen MR) is 98.5 cm³/mol. The van der Waals surface area contributed by atoms with E-state index in [2.05, 4.69) is 43.5 Å². The minimum atomic E-state index is -0.645. The van der Waals surface area contributed by atoms with Crippen LogP contribution in [0, 0.1) is 0 Å². The molecule has 0 spiro atoms. The fourth-order valence-electron chi connectivity index (χ4n) is 2.69. The third-order valence-electron chi connectivity index (χ3n) is 4.05. The van der Waals surface area contributed by atoms with Crippen LogP contribution in [0.5, 0.6) is 0 Å². The smallest absolute Gasteiger partial charge is 0.241 e. The molecule has 4 heteroatoms. The minimum Gasteiger partial charge on any atom is -0.353 e. The third-order valence-corrected chi connectivity index (χ3v) is 4.05. The van der Waals surface area contributed by atoms with E-state index in [9.17, 15) is 4.79 Å². The van der Waals surface area contributed by atoms with E-state index in [1.54, 1.807) is 0 Å². The van der Waals surface area contributed by atoms with Gasteiger partial charge >= 0.3 is 0 Å². The van der Waals surface area contributed by atoms with Gasteiger partial charge in [-0.25, -0.2) is 0 Å². The van der Waals surface area contributed by atoms with E-state index in [1.807, 2.05) is 48.5 Å². The van der Waals surface area contributed by atoms with Gasteiger partial charge in [0.15, 0.2) is 0 Å². The average molecular weight is 325 g/mol. The van der Waals surface area contributed by atoms with E-state index in [-0.39, 0.29) is 17.5 Å². The van der Waals surface area contributed by atoms with Crippen LogP contribution in [0.3, 0.4) is 0 Å². The molecule has 0 heterocycles. The van der Waals surface area contributed by atoms with Gasteiger partial charge in [0.1, 0.15) is 6.04 Å². The molecule has 0 saturated carbocycles. The maximum Gasteiger partial charge on any atom is 0.241 e. The Morgan fingerprint density at radius 2 is 1.50 bits per heavy atom. The minimum absolute atomic E-state index is 0.163. The first-order valence-electron chi connectivity index (χ1n) is 8.30. The average Bonchev–Trinajstić information content (AvgIpc) is 2.60. The number of nitrogens with two attached hydrogens (primary N) is 1. The molecule has 128 valence electrons. The van der Waals surface area contributed by atoms with Crippen LogP contribution in [0.4, 0.5) is 0 Å². The van der Waals surface area contributed by atoms with Crippen LogP contribution in [0.1, 0.15) is 44.0 Å². The molecule has 2 atom stereocenters. The standard InChI is InChI=1S/C20H27N3O/c1-15(16-10-6-4-7-11-16)23-20(2,3)14-22-19(24)18(21)17-12-8-5-9-13-17/h4-13,15,18,23H,14,21H2,1-3H3,(H,22,24). The lowest BCUT2D eigenvalue weighted by Gasteiger charge is -2.31. The molecule has 4 nitrogen and oxygen atoms in total. The molecule has 4 N–H and O–H groups in total. The molecule has 1 amide bonds. The summed E-state index contributed by atoms with van der Waals surface area (Å²) < 4.78 is 0. The van der Waals surface area contributed by atoms with Crippen molar-refractivity contribution in [3.63, 3.8) is 0 Å². The van der Waals surface area contributed by atoms with Gasteiger partial charge in [0.05, 0.1) is 0 Å². The van der Waals surface area contributed by atoms with Crippen molar-refractivity contribution in [1.29, 1.82) is 0 Å². The molecule has 24 heavy (non-hydrogen) atoms. The Morgan fingerprint density at radius 1 is 1.00 bits per heavy atom. The van der Waals surface area contributed by atoms with Gasteiger partial charge in [-0.2, -0.15) is 0 Å². The Morgan fingerprint density at radius 3 is 2.04 bits per heavy atom. The van der Waals surface area contributed by atoms with Gasteiger partial charge in [-0.05, 0) is 31.9 Å². The Bertz CT molecular complexity index is 640. The summed E-state index contributed by atoms with van der Waals surface area (Å²) in [7, 11) is 0. The highest BCUT2D eigenvalue weighted by atomic mass is 16.2. The number of carbonyl (C=O) groups is 1. The maximum atomic E-state index is 12.3. The van der Waals surface area contributed by atoms with Gasteiger partial charge in [-0.3, -0.25) is 4.79 Å². The molecule has 2 rings (SSSR count). The molecule has 0 aliphatic rings. The molecular formula is C20H27N3O. The summed E-state index contributed by atoms with van der Waals surface area (Å²) in [5, 5.41) is 6.50. The summed E-state index contributed by atoms with van der Waals surface area (Å²) in [6.07, 6.45) is 0. The number of rotatable bonds is 7. The van der Waals surface area contributed by atoms with Crippen molar-refractivity contribution in [3.05, 3.63) is 71.8 Å². The lowest BCUT2D eigenvalue weighted by Crippen LogP contribution is -2.51.